The van der Waals surface area contributed by atoms with E-state index in [1.807, 2.05) is 30.2 Å². The van der Waals surface area contributed by atoms with Crippen LogP contribution < -0.4 is 15.0 Å². The average Bonchev–Trinajstić information content (AvgIpc) is 2.69. The molecule has 0 saturated carbocycles. The minimum absolute atomic E-state index is 0.0312. The summed E-state index contributed by atoms with van der Waals surface area (Å²) in [6.45, 7) is 5.23. The number of aromatic nitrogens is 3. The number of ether oxygens (including phenoxy) is 1. The van der Waals surface area contributed by atoms with Crippen molar-refractivity contribution in [1.29, 1.82) is 0 Å². The molecule has 8 heteroatoms. The Morgan fingerprint density at radius 2 is 2.00 bits per heavy atom. The lowest BCUT2D eigenvalue weighted by Crippen LogP contribution is -2.52. The predicted octanol–water partition coefficient (Wildman–Crippen LogP) is 1.26. The normalized spacial score (nSPS) is 14.2. The maximum absolute atomic E-state index is 12.3. The Balaban J connectivity index is 1.43. The van der Waals surface area contributed by atoms with Gasteiger partial charge in [0.15, 0.2) is 0 Å². The van der Waals surface area contributed by atoms with Crippen LogP contribution in [-0.2, 0) is 6.42 Å². The first-order valence-corrected chi connectivity index (χ1v) is 8.72. The summed E-state index contributed by atoms with van der Waals surface area (Å²) in [4.78, 5) is 29.1. The molecule has 2 amide bonds. The molecule has 1 fully saturated rings. The summed E-state index contributed by atoms with van der Waals surface area (Å²) >= 11 is 0. The highest BCUT2D eigenvalue weighted by molar-refractivity contribution is 5.74. The summed E-state index contributed by atoms with van der Waals surface area (Å²) in [6.07, 6.45) is 4.31. The van der Waals surface area contributed by atoms with E-state index in [1.54, 1.807) is 19.4 Å². The molecule has 1 N–H and O–H groups in total. The number of nitrogens with zero attached hydrogens (tertiary/aromatic N) is 5. The zero-order valence-corrected chi connectivity index (χ0v) is 15.2. The minimum Gasteiger partial charge on any atom is -0.481 e. The molecule has 0 atom stereocenters. The molecule has 3 heterocycles. The Hall–Kier alpha value is -2.90. The van der Waals surface area contributed by atoms with Gasteiger partial charge in [-0.1, -0.05) is 6.07 Å². The summed E-state index contributed by atoms with van der Waals surface area (Å²) in [5.74, 6) is 1.18. The molecule has 8 nitrogen and oxygen atoms in total. The van der Waals surface area contributed by atoms with Crippen LogP contribution in [0.4, 0.5) is 10.7 Å². The molecule has 1 aliphatic rings. The van der Waals surface area contributed by atoms with E-state index in [9.17, 15) is 4.79 Å². The molecule has 2 aromatic heterocycles. The number of rotatable bonds is 5. The van der Waals surface area contributed by atoms with E-state index in [-0.39, 0.29) is 6.03 Å². The Labute approximate surface area is 153 Å². The zero-order valence-electron chi connectivity index (χ0n) is 15.2. The lowest BCUT2D eigenvalue weighted by Gasteiger charge is -2.34. The Morgan fingerprint density at radius 3 is 2.69 bits per heavy atom. The maximum atomic E-state index is 12.3. The number of methoxy groups -OCH3 is 1. The second-order valence-electron chi connectivity index (χ2n) is 6.16. The van der Waals surface area contributed by atoms with Crippen molar-refractivity contribution >= 4 is 12.0 Å². The fraction of sp³-hybridized carbons (Fsp3) is 0.444. The molecule has 0 aromatic carbocycles. The molecule has 0 unspecified atom stereocenters. The van der Waals surface area contributed by atoms with Crippen LogP contribution in [0.25, 0.3) is 0 Å². The second kappa shape index (κ2) is 8.46. The molecule has 2 aromatic rings. The van der Waals surface area contributed by atoms with E-state index in [2.05, 4.69) is 25.2 Å². The van der Waals surface area contributed by atoms with Crippen molar-refractivity contribution < 1.29 is 9.53 Å². The molecule has 138 valence electrons. The number of piperazine rings is 1. The largest absolute Gasteiger partial charge is 0.481 e. The summed E-state index contributed by atoms with van der Waals surface area (Å²) in [5, 5.41) is 2.98. The Bertz CT molecular complexity index is 729. The van der Waals surface area contributed by atoms with E-state index >= 15 is 0 Å². The van der Waals surface area contributed by atoms with Gasteiger partial charge in [-0.25, -0.2) is 9.78 Å². The molecule has 0 radical (unpaired) electrons. The molecular weight excluding hydrogens is 332 g/mol. The molecular formula is C18H24N6O2. The van der Waals surface area contributed by atoms with Gasteiger partial charge in [-0.15, -0.1) is 0 Å². The van der Waals surface area contributed by atoms with Crippen molar-refractivity contribution in [1.82, 2.24) is 25.2 Å². The van der Waals surface area contributed by atoms with Crippen LogP contribution in [0.2, 0.25) is 0 Å². The van der Waals surface area contributed by atoms with Crippen molar-refractivity contribution in [2.24, 2.45) is 0 Å². The van der Waals surface area contributed by atoms with Gasteiger partial charge in [0.2, 0.25) is 11.8 Å². The Morgan fingerprint density at radius 1 is 1.19 bits per heavy atom. The average molecular weight is 356 g/mol. The summed E-state index contributed by atoms with van der Waals surface area (Å²) in [5.41, 5.74) is 2.12. The standard InChI is InChI=1S/C18H24N6O2/c1-14-3-4-15(13-21-14)5-7-20-18(25)24-11-9-23(10-12-24)17-19-8-6-16(22-17)26-2/h3-4,6,8,13H,5,7,9-12H2,1-2H3,(H,20,25). The van der Waals surface area contributed by atoms with E-state index in [0.29, 0.717) is 44.6 Å². The third-order valence-electron chi connectivity index (χ3n) is 4.34. The molecule has 26 heavy (non-hydrogen) atoms. The molecule has 0 spiro atoms. The van der Waals surface area contributed by atoms with Crippen LogP contribution in [0.1, 0.15) is 11.3 Å². The molecule has 0 bridgehead atoms. The second-order valence-corrected chi connectivity index (χ2v) is 6.16. The maximum Gasteiger partial charge on any atom is 0.317 e. The number of amides is 2. The lowest BCUT2D eigenvalue weighted by molar-refractivity contribution is 0.194. The number of urea groups is 1. The van der Waals surface area contributed by atoms with Gasteiger partial charge in [0.25, 0.3) is 0 Å². The van der Waals surface area contributed by atoms with Gasteiger partial charge in [0.1, 0.15) is 0 Å². The van der Waals surface area contributed by atoms with Crippen molar-refractivity contribution in [2.45, 2.75) is 13.3 Å². The summed E-state index contributed by atoms with van der Waals surface area (Å²) < 4.78 is 5.14. The van der Waals surface area contributed by atoms with Crippen LogP contribution in [0.3, 0.4) is 0 Å². The van der Waals surface area contributed by atoms with Gasteiger partial charge in [0.05, 0.1) is 7.11 Å². The SMILES string of the molecule is COc1ccnc(N2CCN(C(=O)NCCc3ccc(C)nc3)CC2)n1. The number of carbonyl (C=O) groups is 1. The molecule has 1 aliphatic heterocycles. The monoisotopic (exact) mass is 356 g/mol. The van der Waals surface area contributed by atoms with Crippen LogP contribution in [0.15, 0.2) is 30.6 Å². The van der Waals surface area contributed by atoms with Crippen LogP contribution in [0.5, 0.6) is 5.88 Å². The van der Waals surface area contributed by atoms with E-state index in [1.165, 1.54) is 0 Å². The number of anilines is 1. The molecule has 3 rings (SSSR count). The summed E-state index contributed by atoms with van der Waals surface area (Å²) in [7, 11) is 1.58. The van der Waals surface area contributed by atoms with Crippen molar-refractivity contribution in [3.63, 3.8) is 0 Å². The van der Waals surface area contributed by atoms with Crippen LogP contribution in [-0.4, -0.2) is 65.7 Å². The first kappa shape index (κ1) is 17.9. The third-order valence-corrected chi connectivity index (χ3v) is 4.34. The highest BCUT2D eigenvalue weighted by atomic mass is 16.5. The first-order valence-electron chi connectivity index (χ1n) is 8.72. The van der Waals surface area contributed by atoms with E-state index < -0.39 is 0 Å². The number of aryl methyl sites for hydroxylation is 1. The summed E-state index contributed by atoms with van der Waals surface area (Å²) in [6, 6.07) is 5.71. The number of pyridine rings is 1. The number of nitrogens with one attached hydrogen (secondary N) is 1. The van der Waals surface area contributed by atoms with Gasteiger partial charge < -0.3 is 19.9 Å². The first-order chi connectivity index (χ1) is 12.7. The Kier molecular flexibility index (Phi) is 5.83. The molecule has 0 aliphatic carbocycles. The quantitative estimate of drug-likeness (QED) is 0.868. The van der Waals surface area contributed by atoms with Gasteiger partial charge >= 0.3 is 6.03 Å². The van der Waals surface area contributed by atoms with Crippen LogP contribution in [0, 0.1) is 6.92 Å². The molecule has 1 saturated heterocycles. The highest BCUT2D eigenvalue weighted by Crippen LogP contribution is 2.14. The smallest absolute Gasteiger partial charge is 0.317 e. The fourth-order valence-electron chi connectivity index (χ4n) is 2.78. The minimum atomic E-state index is -0.0312. The fourth-order valence-corrected chi connectivity index (χ4v) is 2.78. The van der Waals surface area contributed by atoms with E-state index in [4.69, 9.17) is 4.74 Å². The number of hydrogen-bond donors (Lipinski definition) is 1. The van der Waals surface area contributed by atoms with Crippen molar-refractivity contribution in [2.75, 3.05) is 44.7 Å². The van der Waals surface area contributed by atoms with Crippen LogP contribution >= 0.6 is 0 Å². The van der Waals surface area contributed by atoms with Gasteiger partial charge in [-0.2, -0.15) is 4.98 Å². The number of hydrogen-bond acceptors (Lipinski definition) is 6. The van der Waals surface area contributed by atoms with E-state index in [0.717, 1.165) is 17.7 Å². The zero-order chi connectivity index (χ0) is 18.4. The van der Waals surface area contributed by atoms with Gasteiger partial charge in [0, 0.05) is 56.9 Å². The van der Waals surface area contributed by atoms with Gasteiger partial charge in [-0.3, -0.25) is 4.98 Å². The lowest BCUT2D eigenvalue weighted by atomic mass is 10.2. The predicted molar refractivity (Wildman–Crippen MR) is 98.4 cm³/mol. The topological polar surface area (TPSA) is 83.5 Å². The van der Waals surface area contributed by atoms with Crippen molar-refractivity contribution in [3.05, 3.63) is 41.9 Å². The van der Waals surface area contributed by atoms with Gasteiger partial charge in [-0.05, 0) is 25.0 Å². The van der Waals surface area contributed by atoms with Crippen molar-refractivity contribution in [3.8, 4) is 5.88 Å². The third kappa shape index (κ3) is 4.59. The highest BCUT2D eigenvalue weighted by Gasteiger charge is 2.22. The number of carbonyl (C=O) groups excluding carboxylic acids is 1.